The summed E-state index contributed by atoms with van der Waals surface area (Å²) < 4.78 is 40.8. The van der Waals surface area contributed by atoms with E-state index in [9.17, 15) is 13.2 Å². The summed E-state index contributed by atoms with van der Waals surface area (Å²) in [6.07, 6.45) is 1.26. The first-order valence-electron chi connectivity index (χ1n) is 10.0. The Kier molecular flexibility index (Phi) is 5.97. The van der Waals surface area contributed by atoms with E-state index >= 15 is 0 Å². The number of aromatic nitrogens is 5. The Hall–Kier alpha value is -3.25. The average Bonchev–Trinajstić information content (AvgIpc) is 3.19. The molecule has 4 heterocycles. The number of nitrogens with one attached hydrogen (secondary N) is 2. The van der Waals surface area contributed by atoms with Crippen LogP contribution in [0.2, 0.25) is 5.15 Å². The van der Waals surface area contributed by atoms with E-state index < -0.39 is 11.9 Å². The Labute approximate surface area is 192 Å². The molecule has 0 saturated carbocycles. The maximum Gasteiger partial charge on any atom is 0.434 e. The first-order valence-corrected chi connectivity index (χ1v) is 10.4. The van der Waals surface area contributed by atoms with Crippen LogP contribution in [-0.2, 0) is 6.18 Å². The highest BCUT2D eigenvalue weighted by molar-refractivity contribution is 6.29. The van der Waals surface area contributed by atoms with Crippen molar-refractivity contribution in [2.24, 2.45) is 5.73 Å². The number of piperazine rings is 1. The molecule has 1 aliphatic heterocycles. The standard InChI is InChI=1S/C20H21ClF3N9/c1-10-8-32(11(2)18(29-10)12(4-25)5-26)16-3-15(21)30-19(31-16)13-6-28-17-7-27-14(9-33(13)17)20(22,23)24/h3-7,9-11,18,25,29H,8,26H2,1-2H3. The lowest BCUT2D eigenvalue weighted by Gasteiger charge is -2.44. The predicted octanol–water partition coefficient (Wildman–Crippen LogP) is 2.91. The summed E-state index contributed by atoms with van der Waals surface area (Å²) in [5.74, 6) is 0.623. The molecule has 9 nitrogen and oxygen atoms in total. The second kappa shape index (κ2) is 8.60. The Morgan fingerprint density at radius 3 is 2.70 bits per heavy atom. The molecule has 0 spiro atoms. The Bertz CT molecular complexity index is 1220. The molecular weight excluding hydrogens is 459 g/mol. The number of rotatable bonds is 4. The molecule has 1 fully saturated rings. The molecule has 3 aromatic heterocycles. The zero-order chi connectivity index (χ0) is 23.9. The van der Waals surface area contributed by atoms with Gasteiger partial charge in [-0.15, -0.1) is 0 Å². The highest BCUT2D eigenvalue weighted by atomic mass is 35.5. The summed E-state index contributed by atoms with van der Waals surface area (Å²) >= 11 is 6.30. The fourth-order valence-electron chi connectivity index (χ4n) is 3.93. The van der Waals surface area contributed by atoms with Gasteiger partial charge in [-0.05, 0) is 13.8 Å². The smallest absolute Gasteiger partial charge is 0.404 e. The molecule has 3 aromatic rings. The molecule has 0 aliphatic carbocycles. The van der Waals surface area contributed by atoms with E-state index in [1.807, 2.05) is 18.7 Å². The molecular formula is C20H21ClF3N9. The molecule has 0 bridgehead atoms. The van der Waals surface area contributed by atoms with E-state index in [2.05, 4.69) is 25.3 Å². The summed E-state index contributed by atoms with van der Waals surface area (Å²) in [6.45, 7) is 4.53. The third kappa shape index (κ3) is 4.35. The van der Waals surface area contributed by atoms with Crippen LogP contribution in [-0.4, -0.2) is 55.2 Å². The summed E-state index contributed by atoms with van der Waals surface area (Å²) in [4.78, 5) is 18.4. The van der Waals surface area contributed by atoms with E-state index in [-0.39, 0.29) is 40.4 Å². The van der Waals surface area contributed by atoms with Gasteiger partial charge in [0.05, 0.1) is 18.4 Å². The highest BCUT2D eigenvalue weighted by Gasteiger charge is 2.35. The van der Waals surface area contributed by atoms with Gasteiger partial charge in [0.2, 0.25) is 0 Å². The van der Waals surface area contributed by atoms with Crippen molar-refractivity contribution < 1.29 is 13.2 Å². The second-order valence-electron chi connectivity index (χ2n) is 7.76. The summed E-state index contributed by atoms with van der Waals surface area (Å²) in [7, 11) is 0. The van der Waals surface area contributed by atoms with Crippen molar-refractivity contribution in [3.8, 4) is 11.5 Å². The summed E-state index contributed by atoms with van der Waals surface area (Å²) in [6, 6.07) is 1.25. The Balaban J connectivity index is 1.78. The molecule has 3 atom stereocenters. The summed E-state index contributed by atoms with van der Waals surface area (Å²) in [5.41, 5.74) is 5.73. The number of nitrogens with zero attached hydrogens (tertiary/aromatic N) is 6. The molecule has 4 N–H and O–H groups in total. The number of alkyl halides is 3. The SMILES string of the molecule is CC1CN(c2cc(Cl)nc(-c3cnc4cnc(C(F)(F)F)cn34)n2)C(C)C(C(C=N)=CN)N1. The number of anilines is 1. The van der Waals surface area contributed by atoms with E-state index in [0.717, 1.165) is 12.4 Å². The zero-order valence-corrected chi connectivity index (χ0v) is 18.4. The van der Waals surface area contributed by atoms with Gasteiger partial charge in [-0.25, -0.2) is 19.9 Å². The third-order valence-corrected chi connectivity index (χ3v) is 5.71. The van der Waals surface area contributed by atoms with E-state index in [1.54, 1.807) is 6.07 Å². The maximum atomic E-state index is 13.2. The first-order chi connectivity index (χ1) is 15.6. The number of hydrogen-bond donors (Lipinski definition) is 3. The lowest BCUT2D eigenvalue weighted by atomic mass is 9.96. The lowest BCUT2D eigenvalue weighted by molar-refractivity contribution is -0.141. The van der Waals surface area contributed by atoms with Gasteiger partial charge in [0.25, 0.3) is 0 Å². The van der Waals surface area contributed by atoms with E-state index in [0.29, 0.717) is 17.9 Å². The molecule has 13 heteroatoms. The molecule has 1 aliphatic rings. The minimum Gasteiger partial charge on any atom is -0.404 e. The molecule has 33 heavy (non-hydrogen) atoms. The largest absolute Gasteiger partial charge is 0.434 e. The van der Waals surface area contributed by atoms with Crippen molar-refractivity contribution in [3.63, 3.8) is 0 Å². The van der Waals surface area contributed by atoms with Gasteiger partial charge in [0.15, 0.2) is 17.2 Å². The Morgan fingerprint density at radius 2 is 2.03 bits per heavy atom. The lowest BCUT2D eigenvalue weighted by Crippen LogP contribution is -2.61. The molecule has 0 aromatic carbocycles. The van der Waals surface area contributed by atoms with Crippen molar-refractivity contribution in [3.05, 3.63) is 47.3 Å². The van der Waals surface area contributed by atoms with Crippen LogP contribution in [0, 0.1) is 5.41 Å². The van der Waals surface area contributed by atoms with Gasteiger partial charge in [-0.2, -0.15) is 13.2 Å². The normalized spacial score (nSPS) is 22.1. The zero-order valence-electron chi connectivity index (χ0n) is 17.7. The highest BCUT2D eigenvalue weighted by Crippen LogP contribution is 2.30. The second-order valence-corrected chi connectivity index (χ2v) is 8.15. The van der Waals surface area contributed by atoms with Crippen LogP contribution in [0.5, 0.6) is 0 Å². The quantitative estimate of drug-likeness (QED) is 0.388. The van der Waals surface area contributed by atoms with Crippen LogP contribution in [0.1, 0.15) is 19.5 Å². The molecule has 4 rings (SSSR count). The molecule has 1 saturated heterocycles. The van der Waals surface area contributed by atoms with Gasteiger partial charge in [0, 0.05) is 48.9 Å². The topological polar surface area (TPSA) is 121 Å². The monoisotopic (exact) mass is 479 g/mol. The summed E-state index contributed by atoms with van der Waals surface area (Å²) in [5, 5.41) is 11.2. The van der Waals surface area contributed by atoms with Crippen LogP contribution in [0.4, 0.5) is 19.0 Å². The van der Waals surface area contributed by atoms with E-state index in [4.69, 9.17) is 22.7 Å². The van der Waals surface area contributed by atoms with Crippen molar-refractivity contribution in [2.45, 2.75) is 38.1 Å². The van der Waals surface area contributed by atoms with Crippen LogP contribution < -0.4 is 16.0 Å². The minimum atomic E-state index is -4.61. The number of imidazole rings is 1. The van der Waals surface area contributed by atoms with Crippen molar-refractivity contribution in [2.75, 3.05) is 11.4 Å². The third-order valence-electron chi connectivity index (χ3n) is 5.52. The molecule has 174 valence electrons. The van der Waals surface area contributed by atoms with Crippen LogP contribution in [0.15, 0.2) is 36.4 Å². The van der Waals surface area contributed by atoms with Crippen LogP contribution in [0.25, 0.3) is 17.2 Å². The predicted molar refractivity (Wildman–Crippen MR) is 118 cm³/mol. The number of fused-ring (bicyclic) bond motifs is 1. The van der Waals surface area contributed by atoms with Gasteiger partial charge in [0.1, 0.15) is 16.7 Å². The fraction of sp³-hybridized carbons (Fsp3) is 0.350. The molecule has 3 unspecified atom stereocenters. The number of nitrogens with two attached hydrogens (primary N) is 1. The van der Waals surface area contributed by atoms with E-state index in [1.165, 1.54) is 23.0 Å². The number of hydrogen-bond acceptors (Lipinski definition) is 8. The van der Waals surface area contributed by atoms with Crippen molar-refractivity contribution in [1.29, 1.82) is 5.41 Å². The van der Waals surface area contributed by atoms with Crippen LogP contribution in [0.3, 0.4) is 0 Å². The van der Waals surface area contributed by atoms with Crippen LogP contribution >= 0.6 is 11.6 Å². The van der Waals surface area contributed by atoms with Gasteiger partial charge < -0.3 is 21.4 Å². The first kappa shape index (κ1) is 22.9. The van der Waals surface area contributed by atoms with Crippen molar-refractivity contribution in [1.82, 2.24) is 29.7 Å². The Morgan fingerprint density at radius 1 is 1.27 bits per heavy atom. The molecule has 0 amide bonds. The number of halogens is 4. The average molecular weight is 480 g/mol. The van der Waals surface area contributed by atoms with Gasteiger partial charge >= 0.3 is 6.18 Å². The maximum absolute atomic E-state index is 13.2. The minimum absolute atomic E-state index is 0.0366. The molecule has 0 radical (unpaired) electrons. The fourth-order valence-corrected chi connectivity index (χ4v) is 4.10. The van der Waals surface area contributed by atoms with Gasteiger partial charge in [-0.1, -0.05) is 11.6 Å². The van der Waals surface area contributed by atoms with Crippen molar-refractivity contribution >= 4 is 29.3 Å². The van der Waals surface area contributed by atoms with Gasteiger partial charge in [-0.3, -0.25) is 4.40 Å².